The number of hydrogen-bond acceptors (Lipinski definition) is 6. The Hall–Kier alpha value is -3.11. The predicted molar refractivity (Wildman–Crippen MR) is 111 cm³/mol. The molecule has 0 unspecified atom stereocenters. The molecule has 0 amide bonds. The molecule has 10 heteroatoms. The first-order valence-corrected chi connectivity index (χ1v) is 11.0. The Kier molecular flexibility index (Phi) is 6.28. The minimum Gasteiger partial charge on any atom is -0.481 e. The quantitative estimate of drug-likeness (QED) is 0.320. The summed E-state index contributed by atoms with van der Waals surface area (Å²) in [5, 5.41) is 9.89. The number of halogens is 1. The van der Waals surface area contributed by atoms with Crippen LogP contribution in [0, 0.1) is 5.82 Å². The summed E-state index contributed by atoms with van der Waals surface area (Å²) >= 11 is 0.889. The van der Waals surface area contributed by atoms with E-state index in [9.17, 15) is 22.4 Å². The number of ether oxygens (including phenoxy) is 1. The van der Waals surface area contributed by atoms with Gasteiger partial charge in [-0.3, -0.25) is 14.3 Å². The normalized spacial score (nSPS) is 11.3. The van der Waals surface area contributed by atoms with E-state index < -0.39 is 27.8 Å². The number of benzene rings is 3. The van der Waals surface area contributed by atoms with Crippen molar-refractivity contribution >= 4 is 50.2 Å². The van der Waals surface area contributed by atoms with E-state index >= 15 is 0 Å². The second kappa shape index (κ2) is 8.72. The molecule has 0 spiro atoms. The molecule has 0 bridgehead atoms. The van der Waals surface area contributed by atoms with Crippen molar-refractivity contribution in [1.29, 1.82) is 0 Å². The smallest absolute Gasteiger partial charge is 0.313 e. The molecule has 0 aliphatic carbocycles. The van der Waals surface area contributed by atoms with Crippen LogP contribution >= 0.6 is 11.8 Å². The molecule has 0 saturated heterocycles. The lowest BCUT2D eigenvalue weighted by molar-refractivity contribution is -0.134. The average molecular weight is 449 g/mol. The van der Waals surface area contributed by atoms with Crippen molar-refractivity contribution in [2.24, 2.45) is 0 Å². The fourth-order valence-corrected chi connectivity index (χ4v) is 4.55. The molecule has 30 heavy (non-hydrogen) atoms. The van der Waals surface area contributed by atoms with Gasteiger partial charge in [0, 0.05) is 17.7 Å². The number of thioether (sulfide) groups is 1. The predicted octanol–water partition coefficient (Wildman–Crippen LogP) is 3.88. The van der Waals surface area contributed by atoms with Crippen molar-refractivity contribution in [2.75, 3.05) is 10.5 Å². The van der Waals surface area contributed by atoms with Crippen LogP contribution < -0.4 is 9.46 Å². The number of carboxylic acid groups (broad SMARTS) is 1. The largest absolute Gasteiger partial charge is 0.481 e. The van der Waals surface area contributed by atoms with Crippen LogP contribution in [0.1, 0.15) is 6.92 Å². The van der Waals surface area contributed by atoms with Gasteiger partial charge in [-0.1, -0.05) is 24.3 Å². The van der Waals surface area contributed by atoms with Gasteiger partial charge in [-0.15, -0.1) is 11.8 Å². The third-order valence-corrected chi connectivity index (χ3v) is 6.31. The van der Waals surface area contributed by atoms with Crippen LogP contribution in [-0.2, 0) is 19.6 Å². The van der Waals surface area contributed by atoms with Crippen LogP contribution in [0.25, 0.3) is 10.8 Å². The zero-order chi connectivity index (χ0) is 21.9. The minimum absolute atomic E-state index is 0.142. The van der Waals surface area contributed by atoms with E-state index in [2.05, 4.69) is 4.72 Å². The SMILES string of the molecule is CC(=O)Oc1c(SCC(=O)O)cc(NS(=O)(=O)c2ccc(F)cc2)c2ccccc12. The summed E-state index contributed by atoms with van der Waals surface area (Å²) in [4.78, 5) is 22.7. The zero-order valence-corrected chi connectivity index (χ0v) is 17.2. The summed E-state index contributed by atoms with van der Waals surface area (Å²) in [6.07, 6.45) is 0. The Morgan fingerprint density at radius 3 is 2.33 bits per heavy atom. The molecule has 0 fully saturated rings. The standard InChI is InChI=1S/C20H16FNO6S2/c1-12(23)28-20-16-5-3-2-4-15(16)17(10-18(20)29-11-19(24)25)22-30(26,27)14-8-6-13(21)7-9-14/h2-10,22H,11H2,1H3,(H,24,25). The van der Waals surface area contributed by atoms with Crippen LogP contribution in [0.2, 0.25) is 0 Å². The van der Waals surface area contributed by atoms with Crippen molar-refractivity contribution < 1.29 is 32.2 Å². The van der Waals surface area contributed by atoms with Gasteiger partial charge in [0.05, 0.1) is 21.2 Å². The highest BCUT2D eigenvalue weighted by Gasteiger charge is 2.20. The summed E-state index contributed by atoms with van der Waals surface area (Å²) in [6, 6.07) is 12.4. The van der Waals surface area contributed by atoms with Gasteiger partial charge in [0.1, 0.15) is 5.82 Å². The second-order valence-corrected chi connectivity index (χ2v) is 8.83. The molecule has 0 heterocycles. The fourth-order valence-electron chi connectivity index (χ4n) is 2.72. The number of fused-ring (bicyclic) bond motifs is 1. The topological polar surface area (TPSA) is 110 Å². The third-order valence-electron chi connectivity index (χ3n) is 3.93. The molecule has 3 aromatic carbocycles. The Bertz CT molecular complexity index is 1230. The molecule has 2 N–H and O–H groups in total. The number of carboxylic acids is 1. The van der Waals surface area contributed by atoms with Gasteiger partial charge < -0.3 is 9.84 Å². The molecule has 0 aliphatic heterocycles. The fraction of sp³-hybridized carbons (Fsp3) is 0.100. The number of nitrogens with one attached hydrogen (secondary N) is 1. The molecule has 7 nitrogen and oxygen atoms in total. The zero-order valence-electron chi connectivity index (χ0n) is 15.6. The third kappa shape index (κ3) is 4.89. The Morgan fingerprint density at radius 1 is 1.10 bits per heavy atom. The number of anilines is 1. The maximum Gasteiger partial charge on any atom is 0.313 e. The Labute approximate surface area is 175 Å². The van der Waals surface area contributed by atoms with E-state index in [4.69, 9.17) is 9.84 Å². The summed E-state index contributed by atoms with van der Waals surface area (Å²) in [7, 11) is -4.06. The minimum atomic E-state index is -4.06. The second-order valence-electron chi connectivity index (χ2n) is 6.13. The van der Waals surface area contributed by atoms with Crippen molar-refractivity contribution in [3.63, 3.8) is 0 Å². The highest BCUT2D eigenvalue weighted by Crippen LogP contribution is 2.41. The lowest BCUT2D eigenvalue weighted by Crippen LogP contribution is -2.14. The molecule has 0 radical (unpaired) electrons. The molecule has 156 valence electrons. The maximum absolute atomic E-state index is 13.2. The first kappa shape index (κ1) is 21.6. The number of sulfonamides is 1. The van der Waals surface area contributed by atoms with Crippen molar-refractivity contribution in [3.8, 4) is 5.75 Å². The molecular weight excluding hydrogens is 433 g/mol. The van der Waals surface area contributed by atoms with Crippen LogP contribution in [-0.4, -0.2) is 31.2 Å². The van der Waals surface area contributed by atoms with E-state index in [1.165, 1.54) is 13.0 Å². The number of aliphatic carboxylic acids is 1. The van der Waals surface area contributed by atoms with Crippen molar-refractivity contribution in [2.45, 2.75) is 16.7 Å². The number of esters is 1. The lowest BCUT2D eigenvalue weighted by atomic mass is 10.1. The van der Waals surface area contributed by atoms with E-state index in [1.54, 1.807) is 24.3 Å². The highest BCUT2D eigenvalue weighted by molar-refractivity contribution is 8.00. The first-order valence-electron chi connectivity index (χ1n) is 8.54. The van der Waals surface area contributed by atoms with Crippen LogP contribution in [0.3, 0.4) is 0 Å². The Morgan fingerprint density at radius 2 is 1.73 bits per heavy atom. The maximum atomic E-state index is 13.2. The van der Waals surface area contributed by atoms with E-state index in [0.29, 0.717) is 10.8 Å². The Balaban J connectivity index is 2.15. The van der Waals surface area contributed by atoms with Gasteiger partial charge in [0.25, 0.3) is 10.0 Å². The summed E-state index contributed by atoms with van der Waals surface area (Å²) in [5.41, 5.74) is 0.165. The summed E-state index contributed by atoms with van der Waals surface area (Å²) in [5.74, 6) is -2.43. The van der Waals surface area contributed by atoms with Crippen LogP contribution in [0.4, 0.5) is 10.1 Å². The van der Waals surface area contributed by atoms with E-state index in [0.717, 1.165) is 36.0 Å². The van der Waals surface area contributed by atoms with Crippen molar-refractivity contribution in [1.82, 2.24) is 0 Å². The molecule has 0 atom stereocenters. The summed E-state index contributed by atoms with van der Waals surface area (Å²) < 4.78 is 46.5. The molecule has 0 aromatic heterocycles. The average Bonchev–Trinajstić information content (AvgIpc) is 2.68. The number of carbonyl (C=O) groups is 2. The summed E-state index contributed by atoms with van der Waals surface area (Å²) in [6.45, 7) is 1.21. The first-order chi connectivity index (χ1) is 14.2. The molecule has 0 aliphatic rings. The highest BCUT2D eigenvalue weighted by atomic mass is 32.2. The van der Waals surface area contributed by atoms with Gasteiger partial charge in [0.15, 0.2) is 5.75 Å². The molecule has 3 rings (SSSR count). The lowest BCUT2D eigenvalue weighted by Gasteiger charge is -2.16. The van der Waals surface area contributed by atoms with Gasteiger partial charge in [-0.25, -0.2) is 12.8 Å². The molecule has 3 aromatic rings. The van der Waals surface area contributed by atoms with Crippen molar-refractivity contribution in [3.05, 3.63) is 60.4 Å². The number of rotatable bonds is 7. The van der Waals surface area contributed by atoms with Gasteiger partial charge in [-0.05, 0) is 30.3 Å². The van der Waals surface area contributed by atoms with Gasteiger partial charge >= 0.3 is 11.9 Å². The monoisotopic (exact) mass is 449 g/mol. The van der Waals surface area contributed by atoms with E-state index in [1.807, 2.05) is 0 Å². The van der Waals surface area contributed by atoms with E-state index in [-0.39, 0.29) is 27.0 Å². The van der Waals surface area contributed by atoms with Crippen LogP contribution in [0.15, 0.2) is 64.4 Å². The molecule has 0 saturated carbocycles. The number of hydrogen-bond donors (Lipinski definition) is 2. The molecular formula is C20H16FNO6S2. The number of carbonyl (C=O) groups excluding carboxylic acids is 1. The van der Waals surface area contributed by atoms with Gasteiger partial charge in [-0.2, -0.15) is 0 Å². The van der Waals surface area contributed by atoms with Gasteiger partial charge in [0.2, 0.25) is 0 Å². The van der Waals surface area contributed by atoms with Crippen LogP contribution in [0.5, 0.6) is 5.75 Å².